The average Bonchev–Trinajstić information content (AvgIpc) is 3.73. The molecule has 2 saturated heterocycles. The van der Waals surface area contributed by atoms with Gasteiger partial charge in [0.2, 0.25) is 10.9 Å². The Hall–Kier alpha value is -7.31. The van der Waals surface area contributed by atoms with Gasteiger partial charge in [0.25, 0.3) is 11.8 Å². The summed E-state index contributed by atoms with van der Waals surface area (Å²) >= 11 is 0. The number of nitrogens with one attached hydrogen (secondary N) is 3. The third-order valence-electron chi connectivity index (χ3n) is 15.1. The van der Waals surface area contributed by atoms with Crippen LogP contribution >= 0.6 is 0 Å². The van der Waals surface area contributed by atoms with Gasteiger partial charge in [0.1, 0.15) is 41.5 Å². The molecule has 10 unspecified atom stereocenters. The van der Waals surface area contributed by atoms with Crippen LogP contribution in [-0.4, -0.2) is 143 Å². The highest BCUT2D eigenvalue weighted by Crippen LogP contribution is 2.42. The summed E-state index contributed by atoms with van der Waals surface area (Å²) in [5.41, 5.74) is 0.346. The molecule has 23 nitrogen and oxygen atoms in total. The van der Waals surface area contributed by atoms with E-state index in [1.807, 2.05) is 0 Å². The van der Waals surface area contributed by atoms with Crippen molar-refractivity contribution >= 4 is 74.0 Å². The van der Waals surface area contributed by atoms with Crippen molar-refractivity contribution in [1.29, 1.82) is 0 Å². The Morgan fingerprint density at radius 2 is 1.67 bits per heavy atom. The highest BCUT2D eigenvalue weighted by molar-refractivity contribution is 6.17. The van der Waals surface area contributed by atoms with E-state index in [2.05, 4.69) is 39.8 Å². The van der Waals surface area contributed by atoms with Crippen molar-refractivity contribution < 1.29 is 72.5 Å². The number of aliphatic hydroxyl groups excluding tert-OH is 3. The summed E-state index contributed by atoms with van der Waals surface area (Å²) < 4.78 is 35.8. The van der Waals surface area contributed by atoms with Crippen molar-refractivity contribution in [3.8, 4) is 11.5 Å². The monoisotopic (exact) mass is 1080 g/mol. The van der Waals surface area contributed by atoms with E-state index in [4.69, 9.17) is 37.9 Å². The van der Waals surface area contributed by atoms with Crippen LogP contribution in [0.1, 0.15) is 61.0 Å². The molecule has 5 aliphatic heterocycles. The maximum atomic E-state index is 15.0. The van der Waals surface area contributed by atoms with E-state index in [0.717, 1.165) is 25.9 Å². The number of methoxy groups -OCH3 is 1. The Morgan fingerprint density at radius 1 is 0.949 bits per heavy atom. The molecule has 6 heterocycles. The van der Waals surface area contributed by atoms with Gasteiger partial charge in [0, 0.05) is 105 Å². The van der Waals surface area contributed by atoms with Gasteiger partial charge < -0.3 is 64.1 Å². The fourth-order valence-corrected chi connectivity index (χ4v) is 10.5. The fraction of sp³-hybridized carbons (Fsp3) is 0.509. The highest BCUT2D eigenvalue weighted by atomic mass is 16.7. The second-order valence-electron chi connectivity index (χ2n) is 21.1. The van der Waals surface area contributed by atoms with Gasteiger partial charge in [-0.05, 0) is 25.8 Å². The minimum Gasteiger partial charge on any atom is -0.507 e. The number of carbonyl (C=O) groups is 4. The lowest BCUT2D eigenvalue weighted by atomic mass is 9.78. The smallest absolute Gasteiger partial charge is 0.408 e. The number of amides is 3. The molecule has 0 saturated carbocycles. The predicted molar refractivity (Wildman–Crippen MR) is 285 cm³/mol. The molecule has 23 heteroatoms. The summed E-state index contributed by atoms with van der Waals surface area (Å²) in [6, 6.07) is 2.06. The van der Waals surface area contributed by atoms with Gasteiger partial charge in [-0.2, -0.15) is 0 Å². The molecule has 3 amide bonds. The van der Waals surface area contributed by atoms with Crippen LogP contribution in [0.5, 0.6) is 11.5 Å². The van der Waals surface area contributed by atoms with E-state index in [9.17, 15) is 49.2 Å². The highest BCUT2D eigenvalue weighted by Gasteiger charge is 2.44. The van der Waals surface area contributed by atoms with Crippen molar-refractivity contribution in [2.45, 2.75) is 98.6 Å². The lowest BCUT2D eigenvalue weighted by Crippen LogP contribution is -2.47. The lowest BCUT2D eigenvalue weighted by Gasteiger charge is -2.38. The molecule has 5 bridgehead atoms. The number of phenolic OH excluding ortho intramolecular Hbond substituents is 1. The number of fused-ring (bicyclic) bond motifs is 14. The van der Waals surface area contributed by atoms with E-state index in [1.165, 1.54) is 52.2 Å². The van der Waals surface area contributed by atoms with Crippen molar-refractivity contribution in [2.75, 3.05) is 63.3 Å². The molecule has 0 radical (unpaired) electrons. The van der Waals surface area contributed by atoms with Crippen LogP contribution in [0.25, 0.3) is 38.7 Å². The molecule has 2 fully saturated rings. The second kappa shape index (κ2) is 23.0. The van der Waals surface area contributed by atoms with Gasteiger partial charge in [-0.15, -0.1) is 0 Å². The minimum atomic E-state index is -2.08. The van der Waals surface area contributed by atoms with Crippen LogP contribution in [-0.2, 0) is 38.2 Å². The van der Waals surface area contributed by atoms with Gasteiger partial charge in [-0.3, -0.25) is 28.9 Å². The molecule has 9 rings (SSSR count). The maximum absolute atomic E-state index is 15.0. The molecule has 4 aromatic rings. The Morgan fingerprint density at radius 3 is 2.33 bits per heavy atom. The molecule has 5 aliphatic rings. The summed E-state index contributed by atoms with van der Waals surface area (Å²) in [6.45, 7) is 17.8. The van der Waals surface area contributed by atoms with E-state index in [0.29, 0.717) is 24.7 Å². The second-order valence-corrected chi connectivity index (χ2v) is 21.1. The normalized spacial score (nSPS) is 29.0. The first-order valence-corrected chi connectivity index (χ1v) is 25.9. The number of phenols is 1. The van der Waals surface area contributed by atoms with Gasteiger partial charge in [0.15, 0.2) is 29.0 Å². The number of piperazine rings is 1. The van der Waals surface area contributed by atoms with Crippen molar-refractivity contribution in [3.63, 3.8) is 0 Å². The number of nitrogens with zero attached hydrogens (tertiary/aromatic N) is 3. The summed E-state index contributed by atoms with van der Waals surface area (Å²) in [6.07, 6.45) is 1.34. The number of allylic oxidation sites excluding steroid dienone is 2. The SMILES string of the molecule is COC1/C=C/OC2(C)Oc3c(C)c(O)c4c(=O)c(c5oc6cc(N7CCN(CC(C)C)CC7)cc(=O)c6nc5c4c3=C2O)NC(=O)/C(C)=C\C=C\C(C)C(O)C(C)C(O)C(C)C(OC(=O)COC(=O)NC2CONC2=O)C1C. The number of esters is 1. The maximum Gasteiger partial charge on any atom is 0.408 e. The number of anilines is 2. The average molecular weight is 1090 g/mol. The van der Waals surface area contributed by atoms with Gasteiger partial charge in [-0.1, -0.05) is 59.8 Å². The van der Waals surface area contributed by atoms with E-state index in [1.54, 1.807) is 39.8 Å². The van der Waals surface area contributed by atoms with Gasteiger partial charge >= 0.3 is 17.8 Å². The summed E-state index contributed by atoms with van der Waals surface area (Å²) in [5.74, 6) is -8.54. The number of hydrogen-bond acceptors (Lipinski definition) is 20. The molecule has 7 N–H and O–H groups in total. The number of hydroxylamine groups is 1. The summed E-state index contributed by atoms with van der Waals surface area (Å²) in [7, 11) is 1.37. The number of hydrogen-bond donors (Lipinski definition) is 7. The number of aromatic nitrogens is 1. The zero-order chi connectivity index (χ0) is 56.7. The van der Waals surface area contributed by atoms with E-state index in [-0.39, 0.29) is 61.7 Å². The summed E-state index contributed by atoms with van der Waals surface area (Å²) in [5, 5.41) is 52.1. The molecule has 10 atom stereocenters. The summed E-state index contributed by atoms with van der Waals surface area (Å²) in [4.78, 5) is 95.1. The van der Waals surface area contributed by atoms with E-state index < -0.39 is 118 Å². The first-order chi connectivity index (χ1) is 36.9. The van der Waals surface area contributed by atoms with Crippen molar-refractivity contribution in [2.24, 2.45) is 29.6 Å². The van der Waals surface area contributed by atoms with Gasteiger partial charge in [-0.25, -0.2) is 20.1 Å². The third kappa shape index (κ3) is 11.2. The number of benzene rings is 3. The standard InChI is InChI=1S/C55H68N6O17/c1-25(2)22-60-15-17-61(18-16-60)32-20-34(62)41-36(21-32)76-50-42(57-41)38-39-46(66)31(8)49-40(38)51(68)55(9,78-49)74-19-14-35(72-10)28(5)48(77-37(63)24-73-54(71)56-33-23-75-59-53(33)70)30(7)45(65)29(6)44(64)26(3)12-11-13-27(4)52(69)58-43(50)47(39)67/h11-14,19-21,25-26,28-30,33,35,44-45,48,64-66,68H,15-18,22-24H2,1-10H3,(H,56,71)(H,58,69)(H,59,70)/b12-11+,19-14+,27-13-. The number of carbonyl (C=O) groups excluding carboxylic acids is 4. The first-order valence-electron chi connectivity index (χ1n) is 25.9. The van der Waals surface area contributed by atoms with Crippen LogP contribution in [0.2, 0.25) is 0 Å². The molecule has 78 heavy (non-hydrogen) atoms. The Bertz CT molecular complexity index is 3300. The topological polar surface area (TPSA) is 307 Å². The molecular weight excluding hydrogens is 1020 g/mol. The molecule has 0 spiro atoms. The first kappa shape index (κ1) is 56.9. The molecule has 0 aliphatic carbocycles. The van der Waals surface area contributed by atoms with Crippen LogP contribution in [0.15, 0.2) is 62.3 Å². The van der Waals surface area contributed by atoms with Gasteiger partial charge in [0.05, 0.1) is 35.2 Å². The molecule has 1 aromatic heterocycles. The number of aliphatic hydroxyl groups is 3. The van der Waals surface area contributed by atoms with Crippen LogP contribution in [0.3, 0.4) is 0 Å². The molecule has 3 aromatic carbocycles. The van der Waals surface area contributed by atoms with Crippen LogP contribution in [0, 0.1) is 36.5 Å². The zero-order valence-electron chi connectivity index (χ0n) is 45.2. The quantitative estimate of drug-likeness (QED) is 0.0755. The number of aromatic hydroxyl groups is 1. The zero-order valence-corrected chi connectivity index (χ0v) is 45.2. The minimum absolute atomic E-state index is 0.00562. The van der Waals surface area contributed by atoms with E-state index >= 15 is 0 Å². The largest absolute Gasteiger partial charge is 0.507 e. The number of rotatable bonds is 8. The molecular formula is C55H68N6O17. The van der Waals surface area contributed by atoms with Crippen molar-refractivity contribution in [3.05, 3.63) is 79.5 Å². The Labute approximate surface area is 448 Å². The third-order valence-corrected chi connectivity index (χ3v) is 15.1. The van der Waals surface area contributed by atoms with Crippen molar-refractivity contribution in [1.82, 2.24) is 20.7 Å². The van der Waals surface area contributed by atoms with Crippen LogP contribution in [0.4, 0.5) is 16.2 Å². The number of ether oxygens (including phenoxy) is 5. The molecule has 420 valence electrons. The fourth-order valence-electron chi connectivity index (χ4n) is 10.5. The number of alkyl carbamates (subject to hydrolysis) is 1. The lowest BCUT2D eigenvalue weighted by molar-refractivity contribution is -0.166. The van der Waals surface area contributed by atoms with Crippen LogP contribution < -0.4 is 41.8 Å². The Balaban J connectivity index is 1.24. The predicted octanol–water partition coefficient (Wildman–Crippen LogP) is 3.47. The Kier molecular flexibility index (Phi) is 16.7.